The molecule has 0 aromatic heterocycles. The lowest BCUT2D eigenvalue weighted by atomic mass is 10.1. The number of nitrogens with one attached hydrogen (secondary N) is 2. The van der Waals surface area contributed by atoms with Gasteiger partial charge in [-0.25, -0.2) is 4.79 Å². The Morgan fingerprint density at radius 1 is 1.25 bits per heavy atom. The molecule has 8 heteroatoms. The number of nitrogens with two attached hydrogens (primary N) is 1. The number of hydrogen-bond acceptors (Lipinski definition) is 6. The molecule has 1 aromatic rings. The first kappa shape index (κ1) is 19.6. The van der Waals surface area contributed by atoms with Gasteiger partial charge < -0.3 is 26.2 Å². The number of ether oxygens (including phenoxy) is 1. The highest BCUT2D eigenvalue weighted by Crippen LogP contribution is 2.14. The Bertz CT molecular complexity index is 628. The fourth-order valence-electron chi connectivity index (χ4n) is 1.93. The highest BCUT2D eigenvalue weighted by Gasteiger charge is 2.33. The van der Waals surface area contributed by atoms with Gasteiger partial charge in [-0.1, -0.05) is 6.07 Å². The highest BCUT2D eigenvalue weighted by atomic mass is 16.5. The van der Waals surface area contributed by atoms with Gasteiger partial charge in [-0.15, -0.1) is 0 Å². The van der Waals surface area contributed by atoms with Gasteiger partial charge in [-0.2, -0.15) is 0 Å². The van der Waals surface area contributed by atoms with E-state index in [1.165, 1.54) is 6.92 Å². The van der Waals surface area contributed by atoms with Crippen molar-refractivity contribution in [1.82, 2.24) is 5.32 Å². The molecule has 1 unspecified atom stereocenters. The summed E-state index contributed by atoms with van der Waals surface area (Å²) in [5.41, 5.74) is 5.79. The summed E-state index contributed by atoms with van der Waals surface area (Å²) in [6.45, 7) is 4.58. The third-order valence-electron chi connectivity index (χ3n) is 3.15. The Morgan fingerprint density at radius 2 is 1.92 bits per heavy atom. The number of carbonyl (C=O) groups is 3. The predicted octanol–water partition coefficient (Wildman–Crippen LogP) is -0.177. The summed E-state index contributed by atoms with van der Waals surface area (Å²) in [5, 5.41) is 14.5. The smallest absolute Gasteiger partial charge is 0.339 e. The molecule has 2 amide bonds. The van der Waals surface area contributed by atoms with Gasteiger partial charge in [0.2, 0.25) is 0 Å². The molecule has 0 spiro atoms. The second-order valence-electron chi connectivity index (χ2n) is 5.54. The first-order valence-corrected chi connectivity index (χ1v) is 7.49. The highest BCUT2D eigenvalue weighted by molar-refractivity contribution is 6.39. The first-order chi connectivity index (χ1) is 11.2. The van der Waals surface area contributed by atoms with E-state index >= 15 is 0 Å². The summed E-state index contributed by atoms with van der Waals surface area (Å²) < 4.78 is 4.68. The van der Waals surface area contributed by atoms with E-state index in [1.54, 1.807) is 19.1 Å². The van der Waals surface area contributed by atoms with Crippen molar-refractivity contribution in [3.05, 3.63) is 29.3 Å². The lowest BCUT2D eigenvalue weighted by molar-refractivity contribution is -0.163. The molecule has 0 radical (unpaired) electrons. The monoisotopic (exact) mass is 337 g/mol. The number of benzene rings is 1. The summed E-state index contributed by atoms with van der Waals surface area (Å²) in [4.78, 5) is 35.2. The molecule has 0 bridgehead atoms. The second kappa shape index (κ2) is 8.42. The molecular formula is C16H23N3O5. The van der Waals surface area contributed by atoms with Crippen molar-refractivity contribution in [2.75, 3.05) is 18.5 Å². The molecule has 8 nitrogen and oxygen atoms in total. The van der Waals surface area contributed by atoms with E-state index in [9.17, 15) is 19.5 Å². The quantitative estimate of drug-likeness (QED) is 0.421. The van der Waals surface area contributed by atoms with Gasteiger partial charge in [0.15, 0.2) is 5.60 Å². The molecule has 0 aliphatic heterocycles. The minimum absolute atomic E-state index is 0.0975. The average Bonchev–Trinajstić information content (AvgIpc) is 2.52. The van der Waals surface area contributed by atoms with Gasteiger partial charge in [0.05, 0.1) is 13.2 Å². The minimum Gasteiger partial charge on any atom is -0.464 e. The third kappa shape index (κ3) is 5.64. The third-order valence-corrected chi connectivity index (χ3v) is 3.15. The molecular weight excluding hydrogens is 314 g/mol. The van der Waals surface area contributed by atoms with Crippen molar-refractivity contribution in [2.45, 2.75) is 32.9 Å². The molecule has 0 aliphatic rings. The van der Waals surface area contributed by atoms with Gasteiger partial charge >= 0.3 is 17.8 Å². The Morgan fingerprint density at radius 3 is 2.50 bits per heavy atom. The van der Waals surface area contributed by atoms with E-state index < -0.39 is 29.9 Å². The standard InChI is InChI=1S/C16H23N3O5/c1-4-24-15(22)16(3,23)9-18-13(20)14(21)19-12-6-10(2)5-11(7-12)8-17/h5-7,23H,4,8-9,17H2,1-3H3,(H,18,20)(H,19,21). The molecule has 1 aromatic carbocycles. The van der Waals surface area contributed by atoms with Crippen LogP contribution in [0.3, 0.4) is 0 Å². The maximum absolute atomic E-state index is 11.9. The van der Waals surface area contributed by atoms with E-state index in [0.717, 1.165) is 11.1 Å². The summed E-state index contributed by atoms with van der Waals surface area (Å²) in [5.74, 6) is -2.77. The van der Waals surface area contributed by atoms with Gasteiger partial charge in [0, 0.05) is 12.2 Å². The van der Waals surface area contributed by atoms with Gasteiger partial charge in [0.1, 0.15) is 0 Å². The number of esters is 1. The molecule has 0 fully saturated rings. The van der Waals surface area contributed by atoms with Crippen molar-refractivity contribution in [3.8, 4) is 0 Å². The number of amides is 2. The summed E-state index contributed by atoms with van der Waals surface area (Å²) in [6, 6.07) is 5.22. The summed E-state index contributed by atoms with van der Waals surface area (Å²) in [6.07, 6.45) is 0. The van der Waals surface area contributed by atoms with Gasteiger partial charge in [-0.3, -0.25) is 9.59 Å². The molecule has 0 aliphatic carbocycles. The van der Waals surface area contributed by atoms with Crippen molar-refractivity contribution in [2.24, 2.45) is 5.73 Å². The Labute approximate surface area is 140 Å². The number of aliphatic hydroxyl groups is 1. The number of aryl methyl sites for hydroxylation is 1. The van der Waals surface area contributed by atoms with Gasteiger partial charge in [0.25, 0.3) is 0 Å². The first-order valence-electron chi connectivity index (χ1n) is 7.49. The lowest BCUT2D eigenvalue weighted by Crippen LogP contribution is -2.49. The van der Waals surface area contributed by atoms with Crippen molar-refractivity contribution < 1.29 is 24.2 Å². The Hall–Kier alpha value is -2.45. The van der Waals surface area contributed by atoms with E-state index in [-0.39, 0.29) is 6.61 Å². The van der Waals surface area contributed by atoms with Crippen LogP contribution in [0.15, 0.2) is 18.2 Å². The maximum atomic E-state index is 11.9. The predicted molar refractivity (Wildman–Crippen MR) is 88.0 cm³/mol. The van der Waals surface area contributed by atoms with Crippen molar-refractivity contribution >= 4 is 23.5 Å². The molecule has 1 rings (SSSR count). The van der Waals surface area contributed by atoms with Crippen LogP contribution < -0.4 is 16.4 Å². The van der Waals surface area contributed by atoms with Crippen LogP contribution >= 0.6 is 0 Å². The van der Waals surface area contributed by atoms with Crippen LogP contribution in [0, 0.1) is 6.92 Å². The molecule has 24 heavy (non-hydrogen) atoms. The van der Waals surface area contributed by atoms with Crippen LogP contribution in [-0.4, -0.2) is 41.6 Å². The zero-order chi connectivity index (χ0) is 18.3. The number of hydrogen-bond donors (Lipinski definition) is 4. The van der Waals surface area contributed by atoms with Crippen LogP contribution in [0.2, 0.25) is 0 Å². The summed E-state index contributed by atoms with van der Waals surface area (Å²) in [7, 11) is 0. The van der Waals surface area contributed by atoms with Crippen LogP contribution in [0.5, 0.6) is 0 Å². The van der Waals surface area contributed by atoms with E-state index in [4.69, 9.17) is 5.73 Å². The van der Waals surface area contributed by atoms with Crippen LogP contribution in [0.25, 0.3) is 0 Å². The van der Waals surface area contributed by atoms with Crippen LogP contribution in [0.1, 0.15) is 25.0 Å². The fraction of sp³-hybridized carbons (Fsp3) is 0.438. The molecule has 0 heterocycles. The molecule has 0 saturated heterocycles. The second-order valence-corrected chi connectivity index (χ2v) is 5.54. The lowest BCUT2D eigenvalue weighted by Gasteiger charge is -2.21. The number of rotatable bonds is 6. The Kier molecular flexibility index (Phi) is 6.87. The zero-order valence-electron chi connectivity index (χ0n) is 14.0. The molecule has 1 atom stereocenters. The van der Waals surface area contributed by atoms with Crippen molar-refractivity contribution in [3.63, 3.8) is 0 Å². The summed E-state index contributed by atoms with van der Waals surface area (Å²) >= 11 is 0. The number of carbonyl (C=O) groups excluding carboxylic acids is 3. The van der Waals surface area contributed by atoms with E-state index in [2.05, 4.69) is 15.4 Å². The average molecular weight is 337 g/mol. The van der Waals surface area contributed by atoms with Crippen LogP contribution in [-0.2, 0) is 25.7 Å². The topological polar surface area (TPSA) is 131 Å². The number of anilines is 1. The molecule has 0 saturated carbocycles. The largest absolute Gasteiger partial charge is 0.464 e. The van der Waals surface area contributed by atoms with E-state index in [0.29, 0.717) is 12.2 Å². The molecule has 132 valence electrons. The molecule has 5 N–H and O–H groups in total. The fourth-order valence-corrected chi connectivity index (χ4v) is 1.93. The van der Waals surface area contributed by atoms with Gasteiger partial charge in [-0.05, 0) is 44.0 Å². The maximum Gasteiger partial charge on any atom is 0.339 e. The van der Waals surface area contributed by atoms with E-state index in [1.807, 2.05) is 13.0 Å². The van der Waals surface area contributed by atoms with Crippen LogP contribution in [0.4, 0.5) is 5.69 Å². The SMILES string of the molecule is CCOC(=O)C(C)(O)CNC(=O)C(=O)Nc1cc(C)cc(CN)c1. The normalized spacial score (nSPS) is 12.9. The minimum atomic E-state index is -1.91. The van der Waals surface area contributed by atoms with Crippen molar-refractivity contribution in [1.29, 1.82) is 0 Å². The zero-order valence-corrected chi connectivity index (χ0v) is 14.0. The Balaban J connectivity index is 2.64.